The first-order valence-electron chi connectivity index (χ1n) is 4.66. The summed E-state index contributed by atoms with van der Waals surface area (Å²) >= 11 is 9.07. The van der Waals surface area contributed by atoms with Gasteiger partial charge in [0.05, 0.1) is 17.7 Å². The summed E-state index contributed by atoms with van der Waals surface area (Å²) in [5, 5.41) is 14.5. The fourth-order valence-corrected chi connectivity index (χ4v) is 1.51. The van der Waals surface area contributed by atoms with Crippen LogP contribution in [0.3, 0.4) is 0 Å². The molecule has 0 radical (unpaired) electrons. The lowest BCUT2D eigenvalue weighted by Crippen LogP contribution is -2.38. The molecular weight excluding hydrogens is 295 g/mol. The molecule has 1 unspecified atom stereocenters. The summed E-state index contributed by atoms with van der Waals surface area (Å²) in [5.74, 6) is 0. The average molecular weight is 308 g/mol. The van der Waals surface area contributed by atoms with Gasteiger partial charge in [-0.3, -0.25) is 0 Å². The minimum atomic E-state index is -0.365. The van der Waals surface area contributed by atoms with Crippen molar-refractivity contribution in [1.82, 2.24) is 5.32 Å². The van der Waals surface area contributed by atoms with E-state index in [2.05, 4.69) is 26.6 Å². The van der Waals surface area contributed by atoms with Crippen LogP contribution in [-0.4, -0.2) is 23.8 Å². The quantitative estimate of drug-likeness (QED) is 0.804. The smallest absolute Gasteiger partial charge is 0.319 e. The molecule has 88 valence electrons. The Morgan fingerprint density at radius 2 is 2.31 bits per heavy atom. The second kappa shape index (κ2) is 6.08. The first kappa shape index (κ1) is 13.3. The lowest BCUT2D eigenvalue weighted by molar-refractivity contribution is 0.229. The fourth-order valence-electron chi connectivity index (χ4n) is 1.01. The lowest BCUT2D eigenvalue weighted by Gasteiger charge is -2.12. The third-order valence-electron chi connectivity index (χ3n) is 1.83. The highest BCUT2D eigenvalue weighted by atomic mass is 79.9. The van der Waals surface area contributed by atoms with Gasteiger partial charge in [-0.2, -0.15) is 0 Å². The number of halogens is 2. The fraction of sp³-hybridized carbons (Fsp3) is 0.300. The molecule has 1 atom stereocenters. The predicted molar refractivity (Wildman–Crippen MR) is 67.9 cm³/mol. The number of anilines is 1. The summed E-state index contributed by atoms with van der Waals surface area (Å²) in [7, 11) is 0. The van der Waals surface area contributed by atoms with Crippen molar-refractivity contribution in [2.24, 2.45) is 0 Å². The number of rotatable bonds is 3. The molecule has 0 spiro atoms. The molecule has 4 nitrogen and oxygen atoms in total. The van der Waals surface area contributed by atoms with Crippen LogP contribution in [0.2, 0.25) is 5.02 Å². The highest BCUT2D eigenvalue weighted by molar-refractivity contribution is 9.10. The zero-order valence-corrected chi connectivity index (χ0v) is 11.0. The van der Waals surface area contributed by atoms with Gasteiger partial charge in [0.15, 0.2) is 0 Å². The molecule has 0 saturated heterocycles. The first-order valence-corrected chi connectivity index (χ1v) is 5.83. The zero-order chi connectivity index (χ0) is 12.1. The van der Waals surface area contributed by atoms with Gasteiger partial charge in [-0.1, -0.05) is 11.6 Å². The Hall–Kier alpha value is -0.780. The number of carbonyl (C=O) groups excluding carboxylic acids is 1. The summed E-state index contributed by atoms with van der Waals surface area (Å²) in [4.78, 5) is 11.4. The molecule has 0 aliphatic heterocycles. The summed E-state index contributed by atoms with van der Waals surface area (Å²) in [6.45, 7) is 1.61. The number of urea groups is 1. The van der Waals surface area contributed by atoms with Crippen LogP contribution in [0.5, 0.6) is 0 Å². The third kappa shape index (κ3) is 4.00. The van der Waals surface area contributed by atoms with Crippen molar-refractivity contribution in [3.63, 3.8) is 0 Å². The van der Waals surface area contributed by atoms with Gasteiger partial charge in [0.2, 0.25) is 0 Å². The van der Waals surface area contributed by atoms with Crippen molar-refractivity contribution in [3.8, 4) is 0 Å². The summed E-state index contributed by atoms with van der Waals surface area (Å²) < 4.78 is 0.710. The maximum atomic E-state index is 11.4. The molecule has 1 aromatic rings. The third-order valence-corrected chi connectivity index (χ3v) is 3.04. The van der Waals surface area contributed by atoms with Crippen molar-refractivity contribution in [2.45, 2.75) is 13.0 Å². The Kier molecular flexibility index (Phi) is 5.05. The molecule has 0 aliphatic carbocycles. The van der Waals surface area contributed by atoms with Gasteiger partial charge in [0.1, 0.15) is 0 Å². The normalized spacial score (nSPS) is 12.0. The Morgan fingerprint density at radius 1 is 1.62 bits per heavy atom. The van der Waals surface area contributed by atoms with E-state index in [0.29, 0.717) is 15.2 Å². The van der Waals surface area contributed by atoms with Gasteiger partial charge >= 0.3 is 6.03 Å². The number of aliphatic hydroxyl groups excluding tert-OH is 1. The maximum absolute atomic E-state index is 11.4. The van der Waals surface area contributed by atoms with Crippen LogP contribution < -0.4 is 10.6 Å². The molecule has 1 aromatic carbocycles. The highest BCUT2D eigenvalue weighted by Crippen LogP contribution is 2.25. The van der Waals surface area contributed by atoms with Gasteiger partial charge < -0.3 is 15.7 Å². The van der Waals surface area contributed by atoms with E-state index >= 15 is 0 Å². The first-order chi connectivity index (χ1) is 7.52. The van der Waals surface area contributed by atoms with Gasteiger partial charge in [-0.15, -0.1) is 0 Å². The molecule has 2 amide bonds. The van der Waals surface area contributed by atoms with Crippen LogP contribution in [-0.2, 0) is 0 Å². The van der Waals surface area contributed by atoms with Crippen molar-refractivity contribution < 1.29 is 9.90 Å². The van der Waals surface area contributed by atoms with Crippen molar-refractivity contribution >= 4 is 39.2 Å². The number of aliphatic hydroxyl groups is 1. The molecule has 0 aliphatic rings. The zero-order valence-electron chi connectivity index (χ0n) is 8.63. The SMILES string of the molecule is CC(CO)NC(=O)Nc1ccc(Cl)c(Br)c1. The van der Waals surface area contributed by atoms with E-state index in [9.17, 15) is 4.79 Å². The number of benzene rings is 1. The number of nitrogens with one attached hydrogen (secondary N) is 2. The second-order valence-corrected chi connectivity index (χ2v) is 4.57. The molecule has 0 heterocycles. The Bertz CT molecular complexity index is 387. The maximum Gasteiger partial charge on any atom is 0.319 e. The van der Waals surface area contributed by atoms with Crippen LogP contribution in [0.4, 0.5) is 10.5 Å². The van der Waals surface area contributed by atoms with Crippen molar-refractivity contribution in [2.75, 3.05) is 11.9 Å². The molecule has 16 heavy (non-hydrogen) atoms. The van der Waals surface area contributed by atoms with Gasteiger partial charge in [-0.25, -0.2) is 4.79 Å². The predicted octanol–water partition coefficient (Wildman–Crippen LogP) is 2.60. The molecule has 0 saturated carbocycles. The molecule has 1 rings (SSSR count). The summed E-state index contributed by atoms with van der Waals surface area (Å²) in [5.41, 5.74) is 0.624. The molecule has 0 aromatic heterocycles. The highest BCUT2D eigenvalue weighted by Gasteiger charge is 2.06. The molecule has 6 heteroatoms. The van der Waals surface area contributed by atoms with E-state index < -0.39 is 0 Å². The molecule has 3 N–H and O–H groups in total. The summed E-state index contributed by atoms with van der Waals surface area (Å²) in [6, 6.07) is 4.42. The van der Waals surface area contributed by atoms with Crippen LogP contribution in [0, 0.1) is 0 Å². The van der Waals surface area contributed by atoms with E-state index in [1.165, 1.54) is 0 Å². The van der Waals surface area contributed by atoms with Crippen molar-refractivity contribution in [1.29, 1.82) is 0 Å². The topological polar surface area (TPSA) is 61.4 Å². The Morgan fingerprint density at radius 3 is 2.88 bits per heavy atom. The molecule has 0 fully saturated rings. The van der Waals surface area contributed by atoms with Gasteiger partial charge in [0, 0.05) is 10.2 Å². The number of hydrogen-bond acceptors (Lipinski definition) is 2. The standard InChI is InChI=1S/C10H12BrClN2O2/c1-6(5-15)13-10(16)14-7-2-3-9(12)8(11)4-7/h2-4,6,15H,5H2,1H3,(H2,13,14,16). The van der Waals surface area contributed by atoms with E-state index in [0.717, 1.165) is 0 Å². The Labute approximate surface area is 107 Å². The lowest BCUT2D eigenvalue weighted by atomic mass is 10.3. The largest absolute Gasteiger partial charge is 0.394 e. The second-order valence-electron chi connectivity index (χ2n) is 3.31. The number of hydrogen-bond donors (Lipinski definition) is 3. The minimum absolute atomic E-state index is 0.0995. The van der Waals surface area contributed by atoms with E-state index in [1.54, 1.807) is 25.1 Å². The number of amides is 2. The van der Waals surface area contributed by atoms with Crippen LogP contribution in [0.25, 0.3) is 0 Å². The van der Waals surface area contributed by atoms with E-state index in [-0.39, 0.29) is 18.7 Å². The summed E-state index contributed by atoms with van der Waals surface area (Å²) in [6.07, 6.45) is 0. The van der Waals surface area contributed by atoms with Gasteiger partial charge in [-0.05, 0) is 41.1 Å². The van der Waals surface area contributed by atoms with E-state index in [4.69, 9.17) is 16.7 Å². The average Bonchev–Trinajstić information content (AvgIpc) is 2.23. The monoisotopic (exact) mass is 306 g/mol. The van der Waals surface area contributed by atoms with E-state index in [1.807, 2.05) is 0 Å². The minimum Gasteiger partial charge on any atom is -0.394 e. The van der Waals surface area contributed by atoms with Crippen LogP contribution >= 0.6 is 27.5 Å². The van der Waals surface area contributed by atoms with Crippen molar-refractivity contribution in [3.05, 3.63) is 27.7 Å². The van der Waals surface area contributed by atoms with Gasteiger partial charge in [0.25, 0.3) is 0 Å². The Balaban J connectivity index is 2.59. The molecule has 0 bridgehead atoms. The number of carbonyl (C=O) groups is 1. The molecular formula is C10H12BrClN2O2. The van der Waals surface area contributed by atoms with Crippen LogP contribution in [0.15, 0.2) is 22.7 Å². The van der Waals surface area contributed by atoms with Crippen LogP contribution in [0.1, 0.15) is 6.92 Å².